The van der Waals surface area contributed by atoms with E-state index >= 15 is 0 Å². The lowest BCUT2D eigenvalue weighted by atomic mass is 10.1. The summed E-state index contributed by atoms with van der Waals surface area (Å²) in [4.78, 5) is 20.3. The van der Waals surface area contributed by atoms with Gasteiger partial charge in [-0.25, -0.2) is 0 Å². The lowest BCUT2D eigenvalue weighted by Crippen LogP contribution is -2.10. The molecule has 0 aliphatic heterocycles. The second-order valence-electron chi connectivity index (χ2n) is 6.32. The molecule has 5 heteroatoms. The molecular formula is C21H35IO4. The maximum absolute atomic E-state index is 10.2. The van der Waals surface area contributed by atoms with Crippen molar-refractivity contribution >= 4 is 34.5 Å². The molecule has 4 nitrogen and oxygen atoms in total. The molecule has 2 N–H and O–H groups in total. The highest BCUT2D eigenvalue weighted by Gasteiger charge is 2.10. The number of hydrogen-bond acceptors (Lipinski definition) is 2. The summed E-state index contributed by atoms with van der Waals surface area (Å²) in [5, 5.41) is 16.7. The van der Waals surface area contributed by atoms with Crippen LogP contribution in [0.1, 0.15) is 70.1 Å². The highest BCUT2D eigenvalue weighted by molar-refractivity contribution is 14.1. The number of halogens is 1. The number of benzene rings is 1. The van der Waals surface area contributed by atoms with Crippen LogP contribution in [0.5, 0.6) is 0 Å². The second-order valence-corrected chi connectivity index (χ2v) is 7.48. The van der Waals surface area contributed by atoms with Crippen molar-refractivity contribution in [3.63, 3.8) is 0 Å². The zero-order chi connectivity index (χ0) is 20.9. The van der Waals surface area contributed by atoms with Gasteiger partial charge in [-0.05, 0) is 91.8 Å². The lowest BCUT2D eigenvalue weighted by Gasteiger charge is -2.04. The number of aliphatic carboxylic acids is 2. The van der Waals surface area contributed by atoms with Crippen LogP contribution in [0.2, 0.25) is 0 Å². The van der Waals surface area contributed by atoms with Gasteiger partial charge in [-0.2, -0.15) is 0 Å². The molecule has 1 aromatic carbocycles. The quantitative estimate of drug-likeness (QED) is 0.476. The normalized spacial score (nSPS) is 9.92. The Hall–Kier alpha value is -1.11. The van der Waals surface area contributed by atoms with Crippen LogP contribution in [0.3, 0.4) is 0 Å². The molecule has 1 rings (SSSR count). The smallest absolute Gasteiger partial charge is 0.306 e. The maximum Gasteiger partial charge on any atom is 0.306 e. The third-order valence-corrected chi connectivity index (χ3v) is 5.83. The lowest BCUT2D eigenvalue weighted by molar-refractivity contribution is -0.142. The molecule has 0 atom stereocenters. The largest absolute Gasteiger partial charge is 0.481 e. The first-order valence-corrected chi connectivity index (χ1v) is 10.3. The van der Waals surface area contributed by atoms with Gasteiger partial charge in [0.2, 0.25) is 0 Å². The van der Waals surface area contributed by atoms with E-state index in [0.717, 1.165) is 25.7 Å². The second kappa shape index (κ2) is 15.0. The van der Waals surface area contributed by atoms with Crippen LogP contribution in [0, 0.1) is 36.2 Å². The number of aryl methyl sites for hydroxylation is 1. The van der Waals surface area contributed by atoms with Gasteiger partial charge in [-0.3, -0.25) is 9.59 Å². The molecule has 0 bridgehead atoms. The Bertz CT molecular complexity index is 498. The standard InChI is InChI=1S/C9H11I.2C6H12O2/c1-6-4-5-9(10)8(3)7(6)2;2*1-3-5(4-2)6(7)8/h4-5H,1-3H3;2*5H,3-4H2,1-2H3,(H,7,8). The van der Waals surface area contributed by atoms with Crippen molar-refractivity contribution in [1.29, 1.82) is 0 Å². The van der Waals surface area contributed by atoms with Gasteiger partial charge in [0, 0.05) is 3.57 Å². The van der Waals surface area contributed by atoms with Gasteiger partial charge in [0.25, 0.3) is 0 Å². The molecule has 0 radical (unpaired) electrons. The van der Waals surface area contributed by atoms with Crippen molar-refractivity contribution in [2.24, 2.45) is 11.8 Å². The number of carboxylic acids is 2. The van der Waals surface area contributed by atoms with E-state index in [1.165, 1.54) is 20.3 Å². The minimum Gasteiger partial charge on any atom is -0.481 e. The van der Waals surface area contributed by atoms with E-state index in [9.17, 15) is 9.59 Å². The molecule has 0 heterocycles. The molecule has 0 aliphatic rings. The van der Waals surface area contributed by atoms with Crippen LogP contribution in [-0.2, 0) is 9.59 Å². The number of carbonyl (C=O) groups is 2. The first-order chi connectivity index (χ1) is 12.1. The Balaban J connectivity index is 0. The average Bonchev–Trinajstić information content (AvgIpc) is 2.59. The van der Waals surface area contributed by atoms with Crippen LogP contribution in [0.25, 0.3) is 0 Å². The van der Waals surface area contributed by atoms with Crippen molar-refractivity contribution < 1.29 is 19.8 Å². The molecule has 0 unspecified atom stereocenters. The van der Waals surface area contributed by atoms with E-state index in [1.54, 1.807) is 0 Å². The summed E-state index contributed by atoms with van der Waals surface area (Å²) in [5.41, 5.74) is 4.23. The van der Waals surface area contributed by atoms with E-state index in [4.69, 9.17) is 10.2 Å². The number of rotatable bonds is 6. The molecule has 0 fully saturated rings. The topological polar surface area (TPSA) is 74.6 Å². The van der Waals surface area contributed by atoms with Crippen LogP contribution >= 0.6 is 22.6 Å². The summed E-state index contributed by atoms with van der Waals surface area (Å²) in [5.74, 6) is -1.60. The summed E-state index contributed by atoms with van der Waals surface area (Å²) < 4.78 is 1.36. The molecule has 0 aromatic heterocycles. The van der Waals surface area contributed by atoms with Crippen molar-refractivity contribution in [3.8, 4) is 0 Å². The molecular weight excluding hydrogens is 443 g/mol. The van der Waals surface area contributed by atoms with Gasteiger partial charge in [0.05, 0.1) is 11.8 Å². The van der Waals surface area contributed by atoms with Gasteiger partial charge in [0.15, 0.2) is 0 Å². The Morgan fingerprint density at radius 3 is 1.35 bits per heavy atom. The van der Waals surface area contributed by atoms with Crippen LogP contribution < -0.4 is 0 Å². The summed E-state index contributed by atoms with van der Waals surface area (Å²) >= 11 is 2.37. The third kappa shape index (κ3) is 10.8. The van der Waals surface area contributed by atoms with Gasteiger partial charge in [0.1, 0.15) is 0 Å². The van der Waals surface area contributed by atoms with E-state index < -0.39 is 11.9 Å². The van der Waals surface area contributed by atoms with E-state index in [2.05, 4.69) is 55.5 Å². The Kier molecular flexibility index (Phi) is 15.6. The van der Waals surface area contributed by atoms with Crippen LogP contribution in [0.15, 0.2) is 12.1 Å². The highest BCUT2D eigenvalue weighted by Crippen LogP contribution is 2.18. The van der Waals surface area contributed by atoms with Crippen molar-refractivity contribution in [2.45, 2.75) is 74.1 Å². The summed E-state index contributed by atoms with van der Waals surface area (Å²) in [6, 6.07) is 4.34. The third-order valence-electron chi connectivity index (χ3n) is 4.66. The monoisotopic (exact) mass is 478 g/mol. The van der Waals surface area contributed by atoms with Gasteiger partial charge in [-0.15, -0.1) is 0 Å². The van der Waals surface area contributed by atoms with Gasteiger partial charge < -0.3 is 10.2 Å². The Morgan fingerprint density at radius 2 is 1.15 bits per heavy atom. The van der Waals surface area contributed by atoms with E-state index in [-0.39, 0.29) is 11.8 Å². The fourth-order valence-electron chi connectivity index (χ4n) is 2.20. The van der Waals surface area contributed by atoms with Crippen molar-refractivity contribution in [3.05, 3.63) is 32.4 Å². The molecule has 0 saturated carbocycles. The molecule has 0 spiro atoms. The van der Waals surface area contributed by atoms with Crippen LogP contribution in [0.4, 0.5) is 0 Å². The summed E-state index contributed by atoms with van der Waals surface area (Å²) in [6.45, 7) is 14.1. The molecule has 1 aromatic rings. The zero-order valence-corrected chi connectivity index (χ0v) is 19.4. The van der Waals surface area contributed by atoms with Crippen molar-refractivity contribution in [2.75, 3.05) is 0 Å². The summed E-state index contributed by atoms with van der Waals surface area (Å²) in [6.07, 6.45) is 2.97. The maximum atomic E-state index is 10.2. The van der Waals surface area contributed by atoms with Gasteiger partial charge in [-0.1, -0.05) is 33.8 Å². The molecule has 150 valence electrons. The Morgan fingerprint density at radius 1 is 0.808 bits per heavy atom. The fraction of sp³-hybridized carbons (Fsp3) is 0.619. The first kappa shape index (κ1) is 27.1. The predicted molar refractivity (Wildman–Crippen MR) is 117 cm³/mol. The average molecular weight is 478 g/mol. The first-order valence-electron chi connectivity index (χ1n) is 9.24. The SMILES string of the molecule is CCC(CC)C(=O)O.CCC(CC)C(=O)O.Cc1ccc(I)c(C)c1C. The summed E-state index contributed by atoms with van der Waals surface area (Å²) in [7, 11) is 0. The minimum absolute atomic E-state index is 0.130. The van der Waals surface area contributed by atoms with Crippen LogP contribution in [-0.4, -0.2) is 22.2 Å². The van der Waals surface area contributed by atoms with Crippen molar-refractivity contribution in [1.82, 2.24) is 0 Å². The molecule has 0 amide bonds. The Labute approximate surface area is 172 Å². The number of hydrogen-bond donors (Lipinski definition) is 2. The zero-order valence-electron chi connectivity index (χ0n) is 17.2. The van der Waals surface area contributed by atoms with E-state index in [1.807, 2.05) is 27.7 Å². The minimum atomic E-state index is -0.671. The molecule has 0 aliphatic carbocycles. The number of carboxylic acid groups (broad SMARTS) is 2. The predicted octanol–water partition coefficient (Wildman–Crippen LogP) is 6.23. The fourth-order valence-corrected chi connectivity index (χ4v) is 2.78. The highest BCUT2D eigenvalue weighted by atomic mass is 127. The van der Waals surface area contributed by atoms with E-state index in [0.29, 0.717) is 0 Å². The molecule has 0 saturated heterocycles. The van der Waals surface area contributed by atoms with Gasteiger partial charge >= 0.3 is 11.9 Å². The molecule has 26 heavy (non-hydrogen) atoms.